The molecule has 0 aliphatic carbocycles. The molecule has 0 amide bonds. The van der Waals surface area contributed by atoms with Crippen molar-refractivity contribution in [2.75, 3.05) is 12.0 Å². The lowest BCUT2D eigenvalue weighted by Crippen LogP contribution is -2.04. The van der Waals surface area contributed by atoms with Gasteiger partial charge in [0.2, 0.25) is 0 Å². The van der Waals surface area contributed by atoms with Crippen LogP contribution in [0.3, 0.4) is 0 Å². The molecule has 82 valence electrons. The zero-order valence-electron chi connectivity index (χ0n) is 9.89. The maximum Gasteiger partial charge on any atom is 0.163 e. The Labute approximate surface area is 96.3 Å². The van der Waals surface area contributed by atoms with Crippen molar-refractivity contribution in [1.82, 2.24) is 0 Å². The van der Waals surface area contributed by atoms with Crippen LogP contribution in [-0.4, -0.2) is 17.8 Å². The zero-order chi connectivity index (χ0) is 11.4. The van der Waals surface area contributed by atoms with Crippen molar-refractivity contribution in [3.63, 3.8) is 0 Å². The first-order valence-electron chi connectivity index (χ1n) is 5.16. The molecule has 0 aromatic heterocycles. The lowest BCUT2D eigenvalue weighted by molar-refractivity contribution is 0.0989. The van der Waals surface area contributed by atoms with E-state index in [1.54, 1.807) is 11.8 Å². The summed E-state index contributed by atoms with van der Waals surface area (Å²) in [7, 11) is 0. The molecule has 0 unspecified atom stereocenters. The molecule has 0 aliphatic heterocycles. The van der Waals surface area contributed by atoms with Gasteiger partial charge in [0.05, 0.1) is 0 Å². The van der Waals surface area contributed by atoms with Crippen LogP contribution in [0.4, 0.5) is 0 Å². The summed E-state index contributed by atoms with van der Waals surface area (Å²) in [6, 6.07) is 4.12. The van der Waals surface area contributed by atoms with Gasteiger partial charge in [0.15, 0.2) is 5.78 Å². The van der Waals surface area contributed by atoms with Crippen molar-refractivity contribution < 1.29 is 4.79 Å². The second kappa shape index (κ2) is 5.36. The fourth-order valence-corrected chi connectivity index (χ4v) is 1.98. The Morgan fingerprint density at radius 3 is 2.33 bits per heavy atom. The van der Waals surface area contributed by atoms with Crippen molar-refractivity contribution in [1.29, 1.82) is 0 Å². The molecule has 1 aromatic carbocycles. The van der Waals surface area contributed by atoms with E-state index in [0.29, 0.717) is 6.42 Å². The molecule has 1 aromatic rings. The highest BCUT2D eigenvalue weighted by Gasteiger charge is 2.09. The van der Waals surface area contributed by atoms with Crippen LogP contribution in [0.1, 0.15) is 33.5 Å². The third kappa shape index (κ3) is 3.10. The summed E-state index contributed by atoms with van der Waals surface area (Å²) in [4.78, 5) is 11.9. The van der Waals surface area contributed by atoms with Gasteiger partial charge in [-0.15, -0.1) is 0 Å². The molecule has 1 nitrogen and oxygen atoms in total. The Bertz CT molecular complexity index is 369. The molecular formula is C13H18OS. The molecule has 15 heavy (non-hydrogen) atoms. The molecule has 0 bridgehead atoms. The standard InChI is InChI=1S/C13H18OS/c1-9-7-11(3)12(8-10(9)2)13(14)5-6-15-4/h7-8H,5-6H2,1-4H3. The number of hydrogen-bond donors (Lipinski definition) is 0. The summed E-state index contributed by atoms with van der Waals surface area (Å²) in [5.41, 5.74) is 4.46. The highest BCUT2D eigenvalue weighted by molar-refractivity contribution is 7.98. The Morgan fingerprint density at radius 2 is 1.73 bits per heavy atom. The second-order valence-electron chi connectivity index (χ2n) is 3.92. The lowest BCUT2D eigenvalue weighted by atomic mass is 9.97. The minimum atomic E-state index is 0.268. The number of rotatable bonds is 4. The highest BCUT2D eigenvalue weighted by atomic mass is 32.2. The molecule has 2 heteroatoms. The van der Waals surface area contributed by atoms with Crippen LogP contribution >= 0.6 is 11.8 Å². The fraction of sp³-hybridized carbons (Fsp3) is 0.462. The van der Waals surface area contributed by atoms with E-state index in [1.807, 2.05) is 19.2 Å². The summed E-state index contributed by atoms with van der Waals surface area (Å²) >= 11 is 1.72. The maximum absolute atomic E-state index is 11.9. The lowest BCUT2D eigenvalue weighted by Gasteiger charge is -2.08. The van der Waals surface area contributed by atoms with Gasteiger partial charge in [-0.05, 0) is 49.8 Å². The van der Waals surface area contributed by atoms with E-state index < -0.39 is 0 Å². The average Bonchev–Trinajstić information content (AvgIpc) is 2.20. The van der Waals surface area contributed by atoms with Crippen LogP contribution in [0.2, 0.25) is 0 Å². The van der Waals surface area contributed by atoms with Crippen molar-refractivity contribution in [3.8, 4) is 0 Å². The van der Waals surface area contributed by atoms with Crippen LogP contribution in [0.5, 0.6) is 0 Å². The first-order chi connectivity index (χ1) is 7.06. The van der Waals surface area contributed by atoms with Crippen molar-refractivity contribution in [2.45, 2.75) is 27.2 Å². The molecule has 0 N–H and O–H groups in total. The van der Waals surface area contributed by atoms with Crippen molar-refractivity contribution in [2.24, 2.45) is 0 Å². The van der Waals surface area contributed by atoms with E-state index in [1.165, 1.54) is 11.1 Å². The Morgan fingerprint density at radius 1 is 1.13 bits per heavy atom. The molecule has 0 fully saturated rings. The van der Waals surface area contributed by atoms with Crippen molar-refractivity contribution >= 4 is 17.5 Å². The first kappa shape index (κ1) is 12.3. The van der Waals surface area contributed by atoms with Gasteiger partial charge < -0.3 is 0 Å². The Balaban J connectivity index is 2.94. The average molecular weight is 222 g/mol. The van der Waals surface area contributed by atoms with E-state index >= 15 is 0 Å². The molecule has 0 saturated carbocycles. The van der Waals surface area contributed by atoms with E-state index in [4.69, 9.17) is 0 Å². The molecule has 1 rings (SSSR count). The molecule has 0 aliphatic rings. The maximum atomic E-state index is 11.9. The minimum Gasteiger partial charge on any atom is -0.294 e. The number of carbonyl (C=O) groups is 1. The Kier molecular flexibility index (Phi) is 4.40. The van der Waals surface area contributed by atoms with Gasteiger partial charge in [-0.1, -0.05) is 6.07 Å². The molecule has 0 heterocycles. The molecule has 0 spiro atoms. The van der Waals surface area contributed by atoms with Crippen LogP contribution in [-0.2, 0) is 0 Å². The van der Waals surface area contributed by atoms with Gasteiger partial charge in [-0.3, -0.25) is 4.79 Å². The second-order valence-corrected chi connectivity index (χ2v) is 4.90. The fourth-order valence-electron chi connectivity index (χ4n) is 1.59. The van der Waals surface area contributed by atoms with Gasteiger partial charge in [0.1, 0.15) is 0 Å². The topological polar surface area (TPSA) is 17.1 Å². The third-order valence-corrected chi connectivity index (χ3v) is 3.29. The number of ketones is 1. The summed E-state index contributed by atoms with van der Waals surface area (Å²) < 4.78 is 0. The number of Topliss-reactive ketones (excluding diaryl/α,β-unsaturated/α-hetero) is 1. The molecule has 0 saturated heterocycles. The van der Waals surface area contributed by atoms with Gasteiger partial charge in [0.25, 0.3) is 0 Å². The zero-order valence-corrected chi connectivity index (χ0v) is 10.7. The summed E-state index contributed by atoms with van der Waals surface area (Å²) in [5.74, 6) is 1.18. The quantitative estimate of drug-likeness (QED) is 0.725. The molecular weight excluding hydrogens is 204 g/mol. The summed E-state index contributed by atoms with van der Waals surface area (Å²) in [6.07, 6.45) is 2.67. The van der Waals surface area contributed by atoms with E-state index in [2.05, 4.69) is 19.9 Å². The number of thioether (sulfide) groups is 1. The summed E-state index contributed by atoms with van der Waals surface area (Å²) in [6.45, 7) is 6.15. The van der Waals surface area contributed by atoms with Crippen LogP contribution < -0.4 is 0 Å². The van der Waals surface area contributed by atoms with Crippen LogP contribution in [0.25, 0.3) is 0 Å². The number of carbonyl (C=O) groups excluding carboxylic acids is 1. The van der Waals surface area contributed by atoms with E-state index in [9.17, 15) is 4.79 Å². The number of hydrogen-bond acceptors (Lipinski definition) is 2. The normalized spacial score (nSPS) is 10.4. The van der Waals surface area contributed by atoms with Gasteiger partial charge >= 0.3 is 0 Å². The SMILES string of the molecule is CSCCC(=O)c1cc(C)c(C)cc1C. The van der Waals surface area contributed by atoms with Crippen LogP contribution in [0, 0.1) is 20.8 Å². The Hall–Kier alpha value is -0.760. The largest absolute Gasteiger partial charge is 0.294 e. The van der Waals surface area contributed by atoms with Gasteiger partial charge in [-0.2, -0.15) is 11.8 Å². The van der Waals surface area contributed by atoms with Gasteiger partial charge in [0, 0.05) is 17.7 Å². The van der Waals surface area contributed by atoms with E-state index in [-0.39, 0.29) is 5.78 Å². The first-order valence-corrected chi connectivity index (χ1v) is 6.55. The van der Waals surface area contributed by atoms with Crippen molar-refractivity contribution in [3.05, 3.63) is 34.4 Å². The highest BCUT2D eigenvalue weighted by Crippen LogP contribution is 2.17. The smallest absolute Gasteiger partial charge is 0.163 e. The minimum absolute atomic E-state index is 0.268. The van der Waals surface area contributed by atoms with Gasteiger partial charge in [-0.25, -0.2) is 0 Å². The predicted molar refractivity (Wildman–Crippen MR) is 68.0 cm³/mol. The molecule has 0 radical (unpaired) electrons. The van der Waals surface area contributed by atoms with E-state index in [0.717, 1.165) is 16.9 Å². The predicted octanol–water partition coefficient (Wildman–Crippen LogP) is 3.55. The third-order valence-electron chi connectivity index (χ3n) is 2.67. The number of aryl methyl sites for hydroxylation is 3. The summed E-state index contributed by atoms with van der Waals surface area (Å²) in [5, 5.41) is 0. The molecule has 0 atom stereocenters. The van der Waals surface area contributed by atoms with Crippen LogP contribution in [0.15, 0.2) is 12.1 Å². The number of benzene rings is 1. The monoisotopic (exact) mass is 222 g/mol.